The Hall–Kier alpha value is -2.05. The summed E-state index contributed by atoms with van der Waals surface area (Å²) in [5.41, 5.74) is 0. The molecular formula is C23H24Cl2F3N3O4S. The maximum Gasteiger partial charge on any atom is 0.267 e. The van der Waals surface area contributed by atoms with E-state index >= 15 is 0 Å². The summed E-state index contributed by atoms with van der Waals surface area (Å²) in [5, 5.41) is 3.91. The molecule has 13 heteroatoms. The van der Waals surface area contributed by atoms with Gasteiger partial charge in [0.05, 0.1) is 16.1 Å². The maximum absolute atomic E-state index is 14.2. The fourth-order valence-electron chi connectivity index (χ4n) is 4.60. The molecule has 1 amide bonds. The molecule has 36 heavy (non-hydrogen) atoms. The molecule has 2 aliphatic heterocycles. The molecule has 2 aromatic carbocycles. The Bertz CT molecular complexity index is 1250. The van der Waals surface area contributed by atoms with Gasteiger partial charge in [-0.05, 0) is 44.5 Å². The fraction of sp³-hybridized carbons (Fsp3) is 0.435. The Kier molecular flexibility index (Phi) is 8.35. The third-order valence-electron chi connectivity index (χ3n) is 6.37. The number of amides is 1. The minimum Gasteiger partial charge on any atom is -0.490 e. The highest BCUT2D eigenvalue weighted by Gasteiger charge is 2.40. The zero-order chi connectivity index (χ0) is 26.0. The highest BCUT2D eigenvalue weighted by atomic mass is 35.5. The largest absolute Gasteiger partial charge is 0.490 e. The summed E-state index contributed by atoms with van der Waals surface area (Å²) in [6, 6.07) is 4.21. The Morgan fingerprint density at radius 1 is 1.00 bits per heavy atom. The van der Waals surface area contributed by atoms with Crippen LogP contribution < -0.4 is 14.8 Å². The third kappa shape index (κ3) is 6.08. The van der Waals surface area contributed by atoms with Crippen molar-refractivity contribution in [1.29, 1.82) is 0 Å². The Balaban J connectivity index is 1.56. The van der Waals surface area contributed by atoms with Gasteiger partial charge in [0.2, 0.25) is 0 Å². The molecule has 196 valence electrons. The number of sulfonamides is 1. The van der Waals surface area contributed by atoms with Gasteiger partial charge < -0.3 is 10.1 Å². The number of benzene rings is 2. The van der Waals surface area contributed by atoms with Gasteiger partial charge in [0, 0.05) is 37.2 Å². The quantitative estimate of drug-likeness (QED) is 0.517. The van der Waals surface area contributed by atoms with Crippen molar-refractivity contribution in [2.75, 3.05) is 19.6 Å². The van der Waals surface area contributed by atoms with Crippen LogP contribution in [0.5, 0.6) is 5.75 Å². The number of hydrogen-bond acceptors (Lipinski definition) is 6. The molecule has 2 heterocycles. The van der Waals surface area contributed by atoms with Gasteiger partial charge in [-0.15, -0.1) is 0 Å². The number of hydrogen-bond donors (Lipinski definition) is 2. The summed E-state index contributed by atoms with van der Waals surface area (Å²) in [5.74, 6) is -5.05. The first-order chi connectivity index (χ1) is 17.0. The number of rotatable bonds is 6. The lowest BCUT2D eigenvalue weighted by Gasteiger charge is -2.44. The fourth-order valence-corrected chi connectivity index (χ4v) is 5.97. The van der Waals surface area contributed by atoms with Gasteiger partial charge in [-0.3, -0.25) is 9.69 Å². The minimum atomic E-state index is -4.81. The number of nitrogens with one attached hydrogen (secondary N) is 2. The van der Waals surface area contributed by atoms with Crippen molar-refractivity contribution in [3.63, 3.8) is 0 Å². The molecular weight excluding hydrogens is 542 g/mol. The molecule has 7 nitrogen and oxygen atoms in total. The molecule has 2 unspecified atom stereocenters. The summed E-state index contributed by atoms with van der Waals surface area (Å²) in [6.07, 6.45) is 1.78. The van der Waals surface area contributed by atoms with E-state index in [1.54, 1.807) is 18.2 Å². The lowest BCUT2D eigenvalue weighted by molar-refractivity contribution is -0.129. The van der Waals surface area contributed by atoms with E-state index in [1.165, 1.54) is 0 Å². The van der Waals surface area contributed by atoms with Crippen LogP contribution in [0.2, 0.25) is 10.0 Å². The van der Waals surface area contributed by atoms with Gasteiger partial charge in [0.25, 0.3) is 15.9 Å². The lowest BCUT2D eigenvalue weighted by atomic mass is 9.93. The van der Waals surface area contributed by atoms with Crippen LogP contribution >= 0.6 is 23.2 Å². The first-order valence-corrected chi connectivity index (χ1v) is 13.6. The van der Waals surface area contributed by atoms with Gasteiger partial charge in [-0.1, -0.05) is 23.2 Å². The van der Waals surface area contributed by atoms with E-state index in [9.17, 15) is 26.4 Å². The average molecular weight is 566 g/mol. The zero-order valence-electron chi connectivity index (χ0n) is 18.9. The normalized spacial score (nSPS) is 21.8. The SMILES string of the molecule is O=C(NS(=O)(=O)c1cc(F)c(F)cc1F)C1CC(Oc2ccc(Cl)c(Cl)c2)CCN1C1CCNCC1. The number of carbonyl (C=O) groups is 1. The van der Waals surface area contributed by atoms with Gasteiger partial charge in [0.15, 0.2) is 11.6 Å². The van der Waals surface area contributed by atoms with E-state index in [0.29, 0.717) is 28.8 Å². The van der Waals surface area contributed by atoms with Crippen LogP contribution in [0.1, 0.15) is 25.7 Å². The summed E-state index contributed by atoms with van der Waals surface area (Å²) in [4.78, 5) is 14.1. The minimum absolute atomic E-state index is 0.0237. The molecule has 2 aromatic rings. The van der Waals surface area contributed by atoms with Crippen LogP contribution in [0, 0.1) is 17.5 Å². The maximum atomic E-state index is 14.2. The second kappa shape index (κ2) is 11.1. The monoisotopic (exact) mass is 565 g/mol. The van der Waals surface area contributed by atoms with E-state index in [4.69, 9.17) is 27.9 Å². The van der Waals surface area contributed by atoms with E-state index in [1.807, 2.05) is 9.62 Å². The molecule has 0 aliphatic carbocycles. The topological polar surface area (TPSA) is 87.7 Å². The van der Waals surface area contributed by atoms with E-state index in [0.717, 1.165) is 25.9 Å². The predicted octanol–water partition coefficient (Wildman–Crippen LogP) is 3.88. The Labute approximate surface area is 216 Å². The molecule has 0 aromatic heterocycles. The molecule has 2 fully saturated rings. The molecule has 2 atom stereocenters. The van der Waals surface area contributed by atoms with Crippen LogP contribution in [0.4, 0.5) is 13.2 Å². The molecule has 4 rings (SSSR count). The van der Waals surface area contributed by atoms with Gasteiger partial charge in [-0.25, -0.2) is 26.3 Å². The van der Waals surface area contributed by atoms with Gasteiger partial charge in [-0.2, -0.15) is 0 Å². The van der Waals surface area contributed by atoms with E-state index in [-0.39, 0.29) is 24.6 Å². The Morgan fingerprint density at radius 2 is 1.69 bits per heavy atom. The van der Waals surface area contributed by atoms with Crippen LogP contribution in [0.15, 0.2) is 35.2 Å². The number of piperidine rings is 2. The van der Waals surface area contributed by atoms with Gasteiger partial charge in [0.1, 0.15) is 22.6 Å². The van der Waals surface area contributed by atoms with Crippen LogP contribution in [0.3, 0.4) is 0 Å². The Morgan fingerprint density at radius 3 is 2.39 bits per heavy atom. The summed E-state index contributed by atoms with van der Waals surface area (Å²) in [7, 11) is -4.81. The number of ether oxygens (including phenoxy) is 1. The van der Waals surface area contributed by atoms with Crippen LogP contribution in [-0.2, 0) is 14.8 Å². The molecule has 0 saturated carbocycles. The van der Waals surface area contributed by atoms with Crippen molar-refractivity contribution in [3.05, 3.63) is 57.8 Å². The van der Waals surface area contributed by atoms with Crippen LogP contribution in [0.25, 0.3) is 0 Å². The summed E-state index contributed by atoms with van der Waals surface area (Å²) >= 11 is 12.0. The highest BCUT2D eigenvalue weighted by molar-refractivity contribution is 7.90. The number of likely N-dealkylation sites (tertiary alicyclic amines) is 1. The van der Waals surface area contributed by atoms with E-state index in [2.05, 4.69) is 5.32 Å². The van der Waals surface area contributed by atoms with Crippen molar-refractivity contribution in [2.24, 2.45) is 0 Å². The summed E-state index contributed by atoms with van der Waals surface area (Å²) < 4.78 is 74.4. The molecule has 2 saturated heterocycles. The molecule has 2 aliphatic rings. The smallest absolute Gasteiger partial charge is 0.267 e. The number of nitrogens with zero attached hydrogens (tertiary/aromatic N) is 1. The first kappa shape index (κ1) is 27.0. The molecule has 2 N–H and O–H groups in total. The molecule has 0 bridgehead atoms. The lowest BCUT2D eigenvalue weighted by Crippen LogP contribution is -2.58. The van der Waals surface area contributed by atoms with Crippen molar-refractivity contribution in [2.45, 2.75) is 48.8 Å². The number of carbonyl (C=O) groups excluding carboxylic acids is 1. The second-order valence-electron chi connectivity index (χ2n) is 8.74. The van der Waals surface area contributed by atoms with Crippen molar-refractivity contribution < 1.29 is 31.1 Å². The molecule has 0 radical (unpaired) electrons. The van der Waals surface area contributed by atoms with Gasteiger partial charge >= 0.3 is 0 Å². The standard InChI is InChI=1S/C23H24Cl2F3N3O4S/c24-16-2-1-14(9-17(16)25)35-15-5-8-31(13-3-6-29-7-4-13)21(10-15)23(32)30-36(33,34)22-12-19(27)18(26)11-20(22)28/h1-2,9,11-13,15,21,29H,3-8,10H2,(H,30,32). The predicted molar refractivity (Wildman–Crippen MR) is 128 cm³/mol. The zero-order valence-corrected chi connectivity index (χ0v) is 21.3. The van der Waals surface area contributed by atoms with Crippen molar-refractivity contribution in [3.8, 4) is 5.75 Å². The van der Waals surface area contributed by atoms with E-state index < -0.39 is 50.4 Å². The number of halogens is 5. The highest BCUT2D eigenvalue weighted by Crippen LogP contribution is 2.31. The average Bonchev–Trinajstić information content (AvgIpc) is 2.84. The second-order valence-corrected chi connectivity index (χ2v) is 11.2. The first-order valence-electron chi connectivity index (χ1n) is 11.3. The van der Waals surface area contributed by atoms with Crippen molar-refractivity contribution in [1.82, 2.24) is 14.9 Å². The van der Waals surface area contributed by atoms with Crippen molar-refractivity contribution >= 4 is 39.1 Å². The summed E-state index contributed by atoms with van der Waals surface area (Å²) in [6.45, 7) is 1.95. The third-order valence-corrected chi connectivity index (χ3v) is 8.47. The van der Waals surface area contributed by atoms with Crippen LogP contribution in [-0.4, -0.2) is 57.0 Å². The molecule has 0 spiro atoms.